The van der Waals surface area contributed by atoms with Crippen molar-refractivity contribution in [1.82, 2.24) is 0 Å². The lowest BCUT2D eigenvalue weighted by Crippen LogP contribution is -2.44. The zero-order valence-corrected chi connectivity index (χ0v) is 12.9. The van der Waals surface area contributed by atoms with Crippen molar-refractivity contribution in [2.24, 2.45) is 11.8 Å². The van der Waals surface area contributed by atoms with Crippen LogP contribution in [0.4, 0.5) is 0 Å². The van der Waals surface area contributed by atoms with Crippen molar-refractivity contribution in [3.63, 3.8) is 0 Å². The summed E-state index contributed by atoms with van der Waals surface area (Å²) in [5, 5.41) is 0.199. The highest BCUT2D eigenvalue weighted by molar-refractivity contribution is 6.74. The number of ketones is 1. The number of hydrogen-bond donors (Lipinski definition) is 0. The Hall–Kier alpha value is -0.153. The van der Waals surface area contributed by atoms with Gasteiger partial charge in [-0.2, -0.15) is 0 Å². The fourth-order valence-corrected chi connectivity index (χ4v) is 3.75. The predicted molar refractivity (Wildman–Crippen MR) is 72.5 cm³/mol. The van der Waals surface area contributed by atoms with Crippen LogP contribution in [0.5, 0.6) is 0 Å². The molecule has 0 heterocycles. The minimum Gasteiger partial charge on any atom is -0.407 e. The summed E-state index contributed by atoms with van der Waals surface area (Å²) in [5.74, 6) is 1.84. The molecule has 3 heteroatoms. The molecule has 2 atom stereocenters. The molecule has 2 saturated carbocycles. The molecule has 0 aromatic heterocycles. The second-order valence-electron chi connectivity index (χ2n) is 7.37. The Bertz CT molecular complexity index is 313. The summed E-state index contributed by atoms with van der Waals surface area (Å²) in [5.41, 5.74) is 0. The molecular weight excluding hydrogens is 228 g/mol. The molecule has 2 rings (SSSR count). The number of Topliss-reactive ketones (excluding diaryl/α,β-unsaturated/α-hetero) is 1. The second kappa shape index (κ2) is 4.20. The maximum absolute atomic E-state index is 12.0. The summed E-state index contributed by atoms with van der Waals surface area (Å²) in [6.45, 7) is 11.2. The van der Waals surface area contributed by atoms with Crippen LogP contribution in [0.15, 0.2) is 0 Å². The Kier molecular flexibility index (Phi) is 3.28. The van der Waals surface area contributed by atoms with Gasteiger partial charge < -0.3 is 4.43 Å². The molecule has 0 amide bonds. The molecule has 0 radical (unpaired) electrons. The molecule has 0 spiro atoms. The van der Waals surface area contributed by atoms with Crippen molar-refractivity contribution >= 4 is 14.1 Å². The van der Waals surface area contributed by atoms with Gasteiger partial charge in [-0.15, -0.1) is 0 Å². The Balaban J connectivity index is 1.97. The van der Waals surface area contributed by atoms with E-state index in [0.717, 1.165) is 18.8 Å². The molecular formula is C14H26O2Si. The van der Waals surface area contributed by atoms with E-state index >= 15 is 0 Å². The van der Waals surface area contributed by atoms with Crippen LogP contribution in [0.3, 0.4) is 0 Å². The second-order valence-corrected chi connectivity index (χ2v) is 12.1. The molecule has 2 unspecified atom stereocenters. The molecule has 98 valence electrons. The van der Waals surface area contributed by atoms with Gasteiger partial charge in [0.2, 0.25) is 0 Å². The summed E-state index contributed by atoms with van der Waals surface area (Å²) in [6, 6.07) is 0. The highest BCUT2D eigenvalue weighted by Crippen LogP contribution is 2.46. The first kappa shape index (κ1) is 13.3. The first-order valence-corrected chi connectivity index (χ1v) is 9.82. The first-order valence-electron chi connectivity index (χ1n) is 6.91. The van der Waals surface area contributed by atoms with Crippen LogP contribution >= 0.6 is 0 Å². The van der Waals surface area contributed by atoms with Crippen molar-refractivity contribution in [2.75, 3.05) is 0 Å². The van der Waals surface area contributed by atoms with Gasteiger partial charge in [-0.25, -0.2) is 0 Å². The maximum atomic E-state index is 12.0. The predicted octanol–water partition coefficient (Wildman–Crippen LogP) is 3.77. The zero-order chi connectivity index (χ0) is 12.8. The van der Waals surface area contributed by atoms with E-state index in [-0.39, 0.29) is 11.1 Å². The van der Waals surface area contributed by atoms with Gasteiger partial charge in [0, 0.05) is 6.42 Å². The molecule has 0 N–H and O–H groups in total. The summed E-state index contributed by atoms with van der Waals surface area (Å²) in [6.07, 6.45) is 4.37. The van der Waals surface area contributed by atoms with Crippen molar-refractivity contribution < 1.29 is 9.22 Å². The Morgan fingerprint density at radius 1 is 1.18 bits per heavy atom. The van der Waals surface area contributed by atoms with E-state index in [1.54, 1.807) is 0 Å². The van der Waals surface area contributed by atoms with Gasteiger partial charge in [0.25, 0.3) is 0 Å². The third kappa shape index (κ3) is 2.82. The summed E-state index contributed by atoms with van der Waals surface area (Å²) in [7, 11) is -1.78. The van der Waals surface area contributed by atoms with Crippen LogP contribution in [0.1, 0.15) is 46.5 Å². The van der Waals surface area contributed by atoms with Gasteiger partial charge in [0.15, 0.2) is 14.1 Å². The first-order chi connectivity index (χ1) is 7.71. The molecule has 2 aliphatic rings. The average Bonchev–Trinajstić information content (AvgIpc) is 2.92. The van der Waals surface area contributed by atoms with Gasteiger partial charge in [-0.05, 0) is 49.2 Å². The lowest BCUT2D eigenvalue weighted by Gasteiger charge is -2.38. The normalized spacial score (nSPS) is 31.0. The minimum atomic E-state index is -1.78. The van der Waals surface area contributed by atoms with E-state index in [2.05, 4.69) is 33.9 Å². The van der Waals surface area contributed by atoms with E-state index in [9.17, 15) is 4.79 Å². The van der Waals surface area contributed by atoms with Crippen LogP contribution in [0.25, 0.3) is 0 Å². The van der Waals surface area contributed by atoms with E-state index in [1.807, 2.05) is 0 Å². The maximum Gasteiger partial charge on any atom is 0.193 e. The lowest BCUT2D eigenvalue weighted by atomic mass is 10.0. The molecule has 0 aromatic rings. The lowest BCUT2D eigenvalue weighted by molar-refractivity contribution is -0.123. The third-order valence-corrected chi connectivity index (χ3v) is 9.36. The van der Waals surface area contributed by atoms with Crippen LogP contribution in [0, 0.1) is 11.8 Å². The quantitative estimate of drug-likeness (QED) is 0.717. The SMILES string of the molecule is CC(C)(C)[Si](C)(C)OC1CC(C2CC2)CC1=O. The fourth-order valence-electron chi connectivity index (χ4n) is 2.45. The molecule has 2 nitrogen and oxygen atoms in total. The van der Waals surface area contributed by atoms with Crippen molar-refractivity contribution in [3.8, 4) is 0 Å². The summed E-state index contributed by atoms with van der Waals surface area (Å²) >= 11 is 0. The van der Waals surface area contributed by atoms with Crippen LogP contribution in [-0.2, 0) is 9.22 Å². The molecule has 0 aliphatic heterocycles. The van der Waals surface area contributed by atoms with Crippen molar-refractivity contribution in [1.29, 1.82) is 0 Å². The van der Waals surface area contributed by atoms with Crippen LogP contribution in [-0.4, -0.2) is 20.2 Å². The zero-order valence-electron chi connectivity index (χ0n) is 11.9. The standard InChI is InChI=1S/C14H26O2Si/c1-14(2,3)17(4,5)16-13-9-11(8-12(13)15)10-6-7-10/h10-11,13H,6-9H2,1-5H3. The molecule has 0 aromatic carbocycles. The van der Waals surface area contributed by atoms with Crippen LogP contribution in [0.2, 0.25) is 18.1 Å². The topological polar surface area (TPSA) is 26.3 Å². The highest BCUT2D eigenvalue weighted by Gasteiger charge is 2.46. The highest BCUT2D eigenvalue weighted by atomic mass is 28.4. The smallest absolute Gasteiger partial charge is 0.193 e. The van der Waals surface area contributed by atoms with E-state index < -0.39 is 8.32 Å². The van der Waals surface area contributed by atoms with Gasteiger partial charge >= 0.3 is 0 Å². The number of carbonyl (C=O) groups excluding carboxylic acids is 1. The van der Waals surface area contributed by atoms with Gasteiger partial charge in [0.1, 0.15) is 6.10 Å². The number of hydrogen-bond acceptors (Lipinski definition) is 2. The van der Waals surface area contributed by atoms with Crippen molar-refractivity contribution in [2.45, 2.75) is 70.7 Å². The summed E-state index contributed by atoms with van der Waals surface area (Å²) in [4.78, 5) is 12.0. The fraction of sp³-hybridized carbons (Fsp3) is 0.929. The van der Waals surface area contributed by atoms with Crippen LogP contribution < -0.4 is 0 Å². The Morgan fingerprint density at radius 3 is 2.24 bits per heavy atom. The minimum absolute atomic E-state index is 0.0820. The summed E-state index contributed by atoms with van der Waals surface area (Å²) < 4.78 is 6.27. The average molecular weight is 254 g/mol. The number of rotatable bonds is 3. The van der Waals surface area contributed by atoms with E-state index in [4.69, 9.17) is 4.43 Å². The van der Waals surface area contributed by atoms with Gasteiger partial charge in [-0.3, -0.25) is 4.79 Å². The van der Waals surface area contributed by atoms with Crippen molar-refractivity contribution in [3.05, 3.63) is 0 Å². The Labute approximate surface area is 106 Å². The molecule has 2 aliphatic carbocycles. The third-order valence-electron chi connectivity index (χ3n) is 4.87. The molecule has 0 saturated heterocycles. The van der Waals surface area contributed by atoms with E-state index in [0.29, 0.717) is 11.7 Å². The largest absolute Gasteiger partial charge is 0.407 e. The van der Waals surface area contributed by atoms with Gasteiger partial charge in [-0.1, -0.05) is 20.8 Å². The van der Waals surface area contributed by atoms with Gasteiger partial charge in [0.05, 0.1) is 0 Å². The monoisotopic (exact) mass is 254 g/mol. The Morgan fingerprint density at radius 2 is 1.76 bits per heavy atom. The number of carbonyl (C=O) groups is 1. The molecule has 2 fully saturated rings. The van der Waals surface area contributed by atoms with E-state index in [1.165, 1.54) is 12.8 Å². The molecule has 0 bridgehead atoms. The molecule has 17 heavy (non-hydrogen) atoms.